The number of hydrogen-bond donors (Lipinski definition) is 2. The third kappa shape index (κ3) is 3.88. The van der Waals surface area contributed by atoms with Gasteiger partial charge in [0.15, 0.2) is 0 Å². The highest BCUT2D eigenvalue weighted by molar-refractivity contribution is 7.99. The van der Waals surface area contributed by atoms with Crippen LogP contribution >= 0.6 is 11.8 Å². The van der Waals surface area contributed by atoms with Crippen LogP contribution in [0, 0.1) is 11.8 Å². The Morgan fingerprint density at radius 1 is 1.11 bits per heavy atom. The molecular weight excluding hydrogens is 262 g/mol. The summed E-state index contributed by atoms with van der Waals surface area (Å²) >= 11 is 1.88. The second kappa shape index (κ2) is 6.64. The van der Waals surface area contributed by atoms with Crippen LogP contribution in [0.1, 0.15) is 44.9 Å². The highest BCUT2D eigenvalue weighted by atomic mass is 32.2. The third-order valence-electron chi connectivity index (χ3n) is 4.46. The first kappa shape index (κ1) is 14.7. The Morgan fingerprint density at radius 3 is 2.47 bits per heavy atom. The predicted molar refractivity (Wildman–Crippen MR) is 76.2 cm³/mol. The van der Waals surface area contributed by atoms with Crippen LogP contribution in [0.15, 0.2) is 0 Å². The lowest BCUT2D eigenvalue weighted by molar-refractivity contribution is -0.141. The topological polar surface area (TPSA) is 66.4 Å². The summed E-state index contributed by atoms with van der Waals surface area (Å²) < 4.78 is 0. The summed E-state index contributed by atoms with van der Waals surface area (Å²) in [5.74, 6) is -1.08. The maximum atomic E-state index is 12.2. The fourth-order valence-electron chi connectivity index (χ4n) is 3.25. The molecule has 2 unspecified atom stereocenters. The van der Waals surface area contributed by atoms with Gasteiger partial charge in [-0.1, -0.05) is 6.42 Å². The minimum Gasteiger partial charge on any atom is -0.481 e. The van der Waals surface area contributed by atoms with Gasteiger partial charge in [-0.25, -0.2) is 0 Å². The van der Waals surface area contributed by atoms with E-state index < -0.39 is 5.97 Å². The average molecular weight is 285 g/mol. The van der Waals surface area contributed by atoms with E-state index in [9.17, 15) is 9.59 Å². The van der Waals surface area contributed by atoms with E-state index in [1.165, 1.54) is 12.8 Å². The lowest BCUT2D eigenvalue weighted by Gasteiger charge is -2.29. The van der Waals surface area contributed by atoms with Crippen LogP contribution in [0.4, 0.5) is 0 Å². The number of carbonyl (C=O) groups excluding carboxylic acids is 1. The SMILES string of the molecule is CSC1CCCC(NC(=O)[C@@H]2CC[C@H](C(=O)O)C2)C1. The van der Waals surface area contributed by atoms with Crippen molar-refractivity contribution in [2.75, 3.05) is 6.26 Å². The summed E-state index contributed by atoms with van der Waals surface area (Å²) in [5.41, 5.74) is 0. The highest BCUT2D eigenvalue weighted by Gasteiger charge is 2.35. The molecule has 2 N–H and O–H groups in total. The molecule has 0 radical (unpaired) electrons. The smallest absolute Gasteiger partial charge is 0.306 e. The number of hydrogen-bond acceptors (Lipinski definition) is 3. The van der Waals surface area contributed by atoms with Crippen LogP contribution in [0.25, 0.3) is 0 Å². The molecule has 2 fully saturated rings. The fraction of sp³-hybridized carbons (Fsp3) is 0.857. The molecule has 4 nitrogen and oxygen atoms in total. The summed E-state index contributed by atoms with van der Waals surface area (Å²) in [4.78, 5) is 23.1. The van der Waals surface area contributed by atoms with Crippen LogP contribution in [0.3, 0.4) is 0 Å². The van der Waals surface area contributed by atoms with Crippen LogP contribution in [0.5, 0.6) is 0 Å². The van der Waals surface area contributed by atoms with E-state index in [2.05, 4.69) is 11.6 Å². The van der Waals surface area contributed by atoms with Crippen molar-refractivity contribution >= 4 is 23.6 Å². The molecule has 2 aliphatic carbocycles. The Hall–Kier alpha value is -0.710. The Bertz CT molecular complexity index is 348. The molecule has 0 spiro atoms. The molecule has 2 rings (SSSR count). The lowest BCUT2D eigenvalue weighted by atomic mass is 9.94. The summed E-state index contributed by atoms with van der Waals surface area (Å²) in [7, 11) is 0. The zero-order chi connectivity index (χ0) is 13.8. The Labute approximate surface area is 118 Å². The lowest BCUT2D eigenvalue weighted by Crippen LogP contribution is -2.41. The molecule has 108 valence electrons. The summed E-state index contributed by atoms with van der Waals surface area (Å²) in [5, 5.41) is 12.8. The Kier molecular flexibility index (Phi) is 5.13. The molecule has 19 heavy (non-hydrogen) atoms. The summed E-state index contributed by atoms with van der Waals surface area (Å²) in [6.45, 7) is 0. The Morgan fingerprint density at radius 2 is 1.84 bits per heavy atom. The van der Waals surface area contributed by atoms with Crippen molar-refractivity contribution in [1.29, 1.82) is 0 Å². The van der Waals surface area contributed by atoms with E-state index in [1.807, 2.05) is 11.8 Å². The molecule has 0 bridgehead atoms. The van der Waals surface area contributed by atoms with Gasteiger partial charge in [0, 0.05) is 17.2 Å². The van der Waals surface area contributed by atoms with Gasteiger partial charge < -0.3 is 10.4 Å². The van der Waals surface area contributed by atoms with E-state index in [1.54, 1.807) is 0 Å². The van der Waals surface area contributed by atoms with Crippen molar-refractivity contribution in [3.63, 3.8) is 0 Å². The van der Waals surface area contributed by atoms with Gasteiger partial charge in [-0.3, -0.25) is 9.59 Å². The van der Waals surface area contributed by atoms with E-state index in [4.69, 9.17) is 5.11 Å². The standard InChI is InChI=1S/C14H23NO3S/c1-19-12-4-2-3-11(8-12)15-13(16)9-5-6-10(7-9)14(17)18/h9-12H,2-8H2,1H3,(H,15,16)(H,17,18)/t9-,10+,11?,12?/m1/s1. The number of carboxylic acid groups (broad SMARTS) is 1. The summed E-state index contributed by atoms with van der Waals surface area (Å²) in [6, 6.07) is 0.294. The molecule has 0 saturated heterocycles. The number of thioether (sulfide) groups is 1. The van der Waals surface area contributed by atoms with Crippen molar-refractivity contribution in [2.45, 2.75) is 56.2 Å². The minimum absolute atomic E-state index is 0.0792. The van der Waals surface area contributed by atoms with E-state index in [0.717, 1.165) is 19.3 Å². The minimum atomic E-state index is -0.754. The molecule has 2 aliphatic rings. The Balaban J connectivity index is 1.79. The molecule has 1 amide bonds. The molecule has 4 atom stereocenters. The first-order valence-corrected chi connectivity index (χ1v) is 8.45. The van der Waals surface area contributed by atoms with Crippen molar-refractivity contribution < 1.29 is 14.7 Å². The van der Waals surface area contributed by atoms with Crippen molar-refractivity contribution in [3.8, 4) is 0 Å². The number of carboxylic acids is 1. The average Bonchev–Trinajstić information content (AvgIpc) is 2.89. The first-order valence-electron chi connectivity index (χ1n) is 7.16. The van der Waals surface area contributed by atoms with Crippen LogP contribution in [-0.4, -0.2) is 34.5 Å². The third-order valence-corrected chi connectivity index (χ3v) is 5.55. The second-order valence-electron chi connectivity index (χ2n) is 5.77. The maximum Gasteiger partial charge on any atom is 0.306 e. The van der Waals surface area contributed by atoms with Gasteiger partial charge in [-0.15, -0.1) is 0 Å². The normalized spacial score (nSPS) is 35.0. The predicted octanol–water partition coefficient (Wildman–Crippen LogP) is 2.28. The summed E-state index contributed by atoms with van der Waals surface area (Å²) in [6.07, 6.45) is 8.56. The van der Waals surface area contributed by atoms with Crippen molar-refractivity contribution in [1.82, 2.24) is 5.32 Å². The molecule has 2 saturated carbocycles. The van der Waals surface area contributed by atoms with Gasteiger partial charge in [0.1, 0.15) is 0 Å². The first-order chi connectivity index (χ1) is 9.10. The largest absolute Gasteiger partial charge is 0.481 e. The number of carbonyl (C=O) groups is 2. The zero-order valence-corrected chi connectivity index (χ0v) is 12.2. The molecule has 0 aliphatic heterocycles. The number of nitrogens with one attached hydrogen (secondary N) is 1. The number of amides is 1. The highest BCUT2D eigenvalue weighted by Crippen LogP contribution is 2.32. The molecule has 0 aromatic carbocycles. The van der Waals surface area contributed by atoms with Crippen molar-refractivity contribution in [3.05, 3.63) is 0 Å². The van der Waals surface area contributed by atoms with Gasteiger partial charge in [0.25, 0.3) is 0 Å². The van der Waals surface area contributed by atoms with Crippen LogP contribution in [0.2, 0.25) is 0 Å². The van der Waals surface area contributed by atoms with Gasteiger partial charge in [-0.2, -0.15) is 11.8 Å². The van der Waals surface area contributed by atoms with Crippen LogP contribution < -0.4 is 5.32 Å². The monoisotopic (exact) mass is 285 g/mol. The number of aliphatic carboxylic acids is 1. The molecular formula is C14H23NO3S. The van der Waals surface area contributed by atoms with Crippen LogP contribution in [-0.2, 0) is 9.59 Å². The van der Waals surface area contributed by atoms with E-state index in [-0.39, 0.29) is 17.7 Å². The maximum absolute atomic E-state index is 12.2. The molecule has 0 aromatic rings. The molecule has 0 heterocycles. The number of rotatable bonds is 4. The van der Waals surface area contributed by atoms with Gasteiger partial charge in [0.05, 0.1) is 5.92 Å². The van der Waals surface area contributed by atoms with E-state index in [0.29, 0.717) is 24.1 Å². The fourth-order valence-corrected chi connectivity index (χ4v) is 4.08. The van der Waals surface area contributed by atoms with Crippen molar-refractivity contribution in [2.24, 2.45) is 11.8 Å². The van der Waals surface area contributed by atoms with Gasteiger partial charge in [0.2, 0.25) is 5.91 Å². The molecule has 0 aromatic heterocycles. The quantitative estimate of drug-likeness (QED) is 0.831. The second-order valence-corrected chi connectivity index (χ2v) is 6.91. The molecule has 5 heteroatoms. The van der Waals surface area contributed by atoms with Gasteiger partial charge in [-0.05, 0) is 44.8 Å². The zero-order valence-electron chi connectivity index (χ0n) is 11.4. The van der Waals surface area contributed by atoms with E-state index >= 15 is 0 Å². The van der Waals surface area contributed by atoms with Gasteiger partial charge >= 0.3 is 5.97 Å².